The first-order valence-electron chi connectivity index (χ1n) is 16.1. The minimum absolute atomic E-state index is 0.0540. The van der Waals surface area contributed by atoms with Crippen LogP contribution in [0.3, 0.4) is 0 Å². The number of benzene rings is 1. The summed E-state index contributed by atoms with van der Waals surface area (Å²) in [5.74, 6) is 1.07. The number of aromatic nitrogens is 4. The second-order valence-corrected chi connectivity index (χ2v) is 13.3. The topological polar surface area (TPSA) is 135 Å². The van der Waals surface area contributed by atoms with E-state index < -0.39 is 11.5 Å². The second kappa shape index (κ2) is 12.4. The van der Waals surface area contributed by atoms with Crippen LogP contribution in [0.4, 0.5) is 0 Å². The Hall–Kier alpha value is -3.96. The van der Waals surface area contributed by atoms with E-state index in [0.29, 0.717) is 29.8 Å². The van der Waals surface area contributed by atoms with Crippen molar-refractivity contribution in [3.05, 3.63) is 41.6 Å². The van der Waals surface area contributed by atoms with Crippen molar-refractivity contribution >= 4 is 33.9 Å². The number of nitrogens with one attached hydrogen (secondary N) is 3. The number of carbonyl (C=O) groups is 2. The maximum absolute atomic E-state index is 13.3. The Labute approximate surface area is 263 Å². The predicted octanol–water partition coefficient (Wildman–Crippen LogP) is 4.22. The van der Waals surface area contributed by atoms with E-state index in [9.17, 15) is 14.7 Å². The first-order valence-corrected chi connectivity index (χ1v) is 16.1. The van der Waals surface area contributed by atoms with Crippen molar-refractivity contribution < 1.29 is 19.4 Å². The highest BCUT2D eigenvalue weighted by Crippen LogP contribution is 2.35. The average Bonchev–Trinajstić information content (AvgIpc) is 3.55. The summed E-state index contributed by atoms with van der Waals surface area (Å²) in [6, 6.07) is 9.10. The van der Waals surface area contributed by atoms with E-state index in [4.69, 9.17) is 14.7 Å². The lowest BCUT2D eigenvalue weighted by molar-refractivity contribution is -0.130. The zero-order valence-electron chi connectivity index (χ0n) is 26.9. The number of piperidine rings is 1. The van der Waals surface area contributed by atoms with Crippen molar-refractivity contribution in [2.75, 3.05) is 20.2 Å². The predicted molar refractivity (Wildman–Crippen MR) is 174 cm³/mol. The summed E-state index contributed by atoms with van der Waals surface area (Å²) < 4.78 is 10.0. The molecule has 5 heterocycles. The second-order valence-electron chi connectivity index (χ2n) is 13.3. The molecule has 4 aromatic rings. The highest BCUT2D eigenvalue weighted by atomic mass is 16.5. The molecule has 11 heteroatoms. The van der Waals surface area contributed by atoms with Gasteiger partial charge in [-0.2, -0.15) is 0 Å². The molecule has 2 amide bonds. The van der Waals surface area contributed by atoms with Crippen LogP contribution in [-0.2, 0) is 18.4 Å². The number of methoxy groups -OCH3 is 1. The lowest BCUT2D eigenvalue weighted by Crippen LogP contribution is -2.53. The highest BCUT2D eigenvalue weighted by molar-refractivity contribution is 6.00. The van der Waals surface area contributed by atoms with E-state index in [1.165, 1.54) is 0 Å². The van der Waals surface area contributed by atoms with Gasteiger partial charge in [0.2, 0.25) is 5.91 Å². The maximum atomic E-state index is 13.3. The van der Waals surface area contributed by atoms with Crippen molar-refractivity contribution in [2.24, 2.45) is 12.5 Å². The van der Waals surface area contributed by atoms with Gasteiger partial charge in [0, 0.05) is 36.5 Å². The van der Waals surface area contributed by atoms with Gasteiger partial charge in [-0.15, -0.1) is 0 Å². The summed E-state index contributed by atoms with van der Waals surface area (Å²) >= 11 is 0. The molecule has 3 atom stereocenters. The van der Waals surface area contributed by atoms with Crippen molar-refractivity contribution in [2.45, 2.75) is 84.0 Å². The Morgan fingerprint density at radius 3 is 2.71 bits per heavy atom. The van der Waals surface area contributed by atoms with Gasteiger partial charge in [0.05, 0.1) is 42.2 Å². The van der Waals surface area contributed by atoms with Crippen molar-refractivity contribution in [3.8, 4) is 17.3 Å². The number of hydrogen-bond acceptors (Lipinski definition) is 7. The number of amides is 2. The average molecular weight is 616 g/mol. The lowest BCUT2D eigenvalue weighted by atomic mass is 9.85. The van der Waals surface area contributed by atoms with Crippen molar-refractivity contribution in [1.82, 2.24) is 35.1 Å². The van der Waals surface area contributed by atoms with Gasteiger partial charge in [0.15, 0.2) is 5.82 Å². The van der Waals surface area contributed by atoms with Crippen LogP contribution in [0.15, 0.2) is 30.3 Å². The third-order valence-electron chi connectivity index (χ3n) is 9.51. The standard InChI is InChI=1S/C34H45N7O4/c1-20-23-11-10-21-17-26(41(30(21)37-23)15-9-7-6-8-13-34(2,3)33(44)36-20)31-38-24-16-22(18-28(45-5)29(24)40(31)4)32(43)39-25-19-35-14-12-27(25)42/h10-11,16-18,20,25,27,35,42H,6-9,12-15,19H2,1-5H3,(H,36,44)(H,39,43)/t20-,25+,27-/m1/s1. The Kier molecular flexibility index (Phi) is 8.58. The molecule has 3 aromatic heterocycles. The number of aryl methyl sites for hydroxylation is 2. The molecule has 0 spiro atoms. The molecule has 1 saturated heterocycles. The SMILES string of the molecule is COc1cc(C(=O)N[C@H]2CNCC[C@H]2O)cc2nc(-c3cc4ccc5nc4n3CCCCCCC(C)(C)C(=O)N[C@@H]5C)n(C)c12. The number of carbonyl (C=O) groups excluding carboxylic acids is 2. The number of aliphatic hydroxyl groups excluding tert-OH is 1. The summed E-state index contributed by atoms with van der Waals surface area (Å²) in [4.78, 5) is 36.5. The maximum Gasteiger partial charge on any atom is 0.251 e. The Morgan fingerprint density at radius 2 is 1.93 bits per heavy atom. The van der Waals surface area contributed by atoms with E-state index in [0.717, 1.165) is 79.0 Å². The number of ether oxygens (including phenoxy) is 1. The fraction of sp³-hybridized carbons (Fsp3) is 0.529. The molecular formula is C34H45N7O4. The van der Waals surface area contributed by atoms with Gasteiger partial charge < -0.3 is 34.9 Å². The minimum Gasteiger partial charge on any atom is -0.494 e. The third-order valence-corrected chi connectivity index (χ3v) is 9.51. The van der Waals surface area contributed by atoms with Crippen LogP contribution in [0, 0.1) is 5.41 Å². The van der Waals surface area contributed by atoms with E-state index in [1.54, 1.807) is 19.2 Å². The quantitative estimate of drug-likeness (QED) is 0.270. The number of pyridine rings is 1. The number of aliphatic hydroxyl groups is 1. The molecule has 0 aliphatic carbocycles. The van der Waals surface area contributed by atoms with Gasteiger partial charge in [-0.3, -0.25) is 9.59 Å². The van der Waals surface area contributed by atoms with Crippen LogP contribution in [-0.4, -0.2) is 68.4 Å². The van der Waals surface area contributed by atoms with Crippen LogP contribution < -0.4 is 20.7 Å². The Bertz CT molecular complexity index is 1740. The van der Waals surface area contributed by atoms with Gasteiger partial charge in [-0.25, -0.2) is 9.97 Å². The molecule has 2 bridgehead atoms. The molecule has 11 nitrogen and oxygen atoms in total. The number of rotatable bonds is 4. The van der Waals surface area contributed by atoms with E-state index in [2.05, 4.69) is 32.7 Å². The van der Waals surface area contributed by atoms with E-state index in [1.807, 2.05) is 38.5 Å². The molecular weight excluding hydrogens is 570 g/mol. The summed E-state index contributed by atoms with van der Waals surface area (Å²) in [6.07, 6.45) is 4.93. The van der Waals surface area contributed by atoms with Crippen LogP contribution in [0.2, 0.25) is 0 Å². The normalized spacial score (nSPS) is 22.7. The van der Waals surface area contributed by atoms with Crippen molar-refractivity contribution in [3.63, 3.8) is 0 Å². The van der Waals surface area contributed by atoms with Gasteiger partial charge in [0.1, 0.15) is 16.9 Å². The van der Waals surface area contributed by atoms with Gasteiger partial charge in [-0.1, -0.05) is 33.1 Å². The number of nitrogens with zero attached hydrogens (tertiary/aromatic N) is 4. The molecule has 2 aliphatic rings. The number of fused-ring (bicyclic) bond motifs is 2. The molecule has 1 fully saturated rings. The molecule has 0 unspecified atom stereocenters. The highest BCUT2D eigenvalue weighted by Gasteiger charge is 2.30. The molecule has 4 N–H and O–H groups in total. The molecule has 2 aliphatic heterocycles. The van der Waals surface area contributed by atoms with E-state index in [-0.39, 0.29) is 23.9 Å². The minimum atomic E-state index is -0.591. The van der Waals surface area contributed by atoms with Crippen LogP contribution in [0.25, 0.3) is 33.6 Å². The molecule has 45 heavy (non-hydrogen) atoms. The van der Waals surface area contributed by atoms with Gasteiger partial charge >= 0.3 is 0 Å². The van der Waals surface area contributed by atoms with Crippen LogP contribution in [0.5, 0.6) is 5.75 Å². The summed E-state index contributed by atoms with van der Waals surface area (Å²) in [6.45, 7) is 8.06. The third kappa shape index (κ3) is 6.03. The van der Waals surface area contributed by atoms with Crippen LogP contribution >= 0.6 is 0 Å². The molecule has 240 valence electrons. The van der Waals surface area contributed by atoms with E-state index >= 15 is 0 Å². The zero-order valence-corrected chi connectivity index (χ0v) is 26.9. The Balaban J connectivity index is 1.41. The van der Waals surface area contributed by atoms with Gasteiger partial charge in [-0.05, 0) is 63.1 Å². The fourth-order valence-electron chi connectivity index (χ4n) is 6.63. The van der Waals surface area contributed by atoms with Crippen LogP contribution in [0.1, 0.15) is 81.4 Å². The molecule has 0 radical (unpaired) electrons. The zero-order chi connectivity index (χ0) is 31.9. The molecule has 0 saturated carbocycles. The van der Waals surface area contributed by atoms with Crippen molar-refractivity contribution in [1.29, 1.82) is 0 Å². The Morgan fingerprint density at radius 1 is 1.13 bits per heavy atom. The lowest BCUT2D eigenvalue weighted by Gasteiger charge is -2.29. The monoisotopic (exact) mass is 615 g/mol. The summed E-state index contributed by atoms with van der Waals surface area (Å²) in [5, 5.41) is 20.8. The summed E-state index contributed by atoms with van der Waals surface area (Å²) in [5.41, 5.74) is 4.04. The largest absolute Gasteiger partial charge is 0.494 e. The molecule has 1 aromatic carbocycles. The fourth-order valence-corrected chi connectivity index (χ4v) is 6.63. The molecule has 6 rings (SSSR count). The first-order chi connectivity index (χ1) is 21.6. The first kappa shape index (κ1) is 31.0. The van der Waals surface area contributed by atoms with Gasteiger partial charge in [0.25, 0.3) is 5.91 Å². The number of hydrogen-bond donors (Lipinski definition) is 4. The summed E-state index contributed by atoms with van der Waals surface area (Å²) in [7, 11) is 3.56. The smallest absolute Gasteiger partial charge is 0.251 e. The number of imidazole rings is 1.